The van der Waals surface area contributed by atoms with Crippen LogP contribution in [-0.4, -0.2) is 74.9 Å². The summed E-state index contributed by atoms with van der Waals surface area (Å²) in [5.41, 5.74) is 0. The lowest BCUT2D eigenvalue weighted by Gasteiger charge is -2.24. The molecule has 2 atom stereocenters. The molecule has 0 aliphatic carbocycles. The standard InChI is InChI=1S/C44H82NO8P/c1-6-8-10-12-14-16-18-20-22-24-26-28-30-32-34-36-43(46)50-40-42(41-52-54(48,49)51-39-38-45(3,4)5)53-44(47)37-35-33-31-29-27-25-23-21-19-17-15-13-11-9-7-2/h7,16,18,20,22,42H,2,6,8-15,17,19,21,23-41H2,1,3-5H3/p+1/b18-16+,22-20+/t42-/m1/s1. The second kappa shape index (κ2) is 36.8. The number of nitrogens with zero attached hydrogens (tertiary/aromatic N) is 1. The first kappa shape index (κ1) is 52.2. The molecule has 0 radical (unpaired) electrons. The lowest BCUT2D eigenvalue weighted by atomic mass is 10.0. The third-order valence-corrected chi connectivity index (χ3v) is 10.3. The fourth-order valence-corrected chi connectivity index (χ4v) is 6.61. The maximum Gasteiger partial charge on any atom is 0.472 e. The first-order valence-electron chi connectivity index (χ1n) is 21.7. The zero-order chi connectivity index (χ0) is 40.0. The van der Waals surface area contributed by atoms with Crippen LogP contribution >= 0.6 is 7.82 Å². The molecule has 0 fully saturated rings. The van der Waals surface area contributed by atoms with E-state index in [1.165, 1.54) is 83.5 Å². The Labute approximate surface area is 331 Å². The first-order chi connectivity index (χ1) is 26.0. The largest absolute Gasteiger partial charge is 0.472 e. The van der Waals surface area contributed by atoms with E-state index in [2.05, 4.69) is 37.8 Å². The Morgan fingerprint density at radius 2 is 1.07 bits per heavy atom. The normalized spacial score (nSPS) is 13.7. The number of quaternary nitrogens is 1. The summed E-state index contributed by atoms with van der Waals surface area (Å²) in [6.45, 7) is 5.90. The number of likely N-dealkylation sites (N-methyl/N-ethyl adjacent to an activating group) is 1. The summed E-state index contributed by atoms with van der Waals surface area (Å²) in [6.07, 6.45) is 39.3. The first-order valence-corrected chi connectivity index (χ1v) is 23.2. The number of phosphoric acid groups is 1. The van der Waals surface area contributed by atoms with Crippen molar-refractivity contribution >= 4 is 19.8 Å². The highest BCUT2D eigenvalue weighted by Gasteiger charge is 2.27. The minimum Gasteiger partial charge on any atom is -0.462 e. The number of ether oxygens (including phenoxy) is 2. The van der Waals surface area contributed by atoms with Crippen LogP contribution in [0.25, 0.3) is 0 Å². The molecule has 0 saturated heterocycles. The smallest absolute Gasteiger partial charge is 0.462 e. The van der Waals surface area contributed by atoms with Gasteiger partial charge in [-0.15, -0.1) is 6.58 Å². The molecule has 0 rings (SSSR count). The SMILES string of the molecule is C=CCCCCCCCCCCCCCCCC(=O)O[C@H](COC(=O)CCCCCCC/C=C/C=C/CCCCCC)COP(=O)(O)OCC[N+](C)(C)C. The van der Waals surface area contributed by atoms with Gasteiger partial charge in [0.2, 0.25) is 0 Å². The predicted molar refractivity (Wildman–Crippen MR) is 224 cm³/mol. The molecule has 0 bridgehead atoms. The Hall–Kier alpha value is -1.77. The summed E-state index contributed by atoms with van der Waals surface area (Å²) in [4.78, 5) is 35.3. The van der Waals surface area contributed by atoms with Crippen molar-refractivity contribution in [2.24, 2.45) is 0 Å². The van der Waals surface area contributed by atoms with Gasteiger partial charge in [-0.1, -0.05) is 146 Å². The van der Waals surface area contributed by atoms with Gasteiger partial charge in [-0.3, -0.25) is 18.6 Å². The lowest BCUT2D eigenvalue weighted by molar-refractivity contribution is -0.870. The van der Waals surface area contributed by atoms with Crippen molar-refractivity contribution in [3.63, 3.8) is 0 Å². The molecule has 0 heterocycles. The van der Waals surface area contributed by atoms with Crippen LogP contribution in [0.15, 0.2) is 37.0 Å². The Morgan fingerprint density at radius 3 is 1.56 bits per heavy atom. The van der Waals surface area contributed by atoms with Crippen LogP contribution in [0.3, 0.4) is 0 Å². The Morgan fingerprint density at radius 1 is 0.630 bits per heavy atom. The van der Waals surface area contributed by atoms with Crippen LogP contribution in [0.4, 0.5) is 0 Å². The van der Waals surface area contributed by atoms with Crippen LogP contribution in [0.1, 0.15) is 180 Å². The second-order valence-corrected chi connectivity index (χ2v) is 17.3. The number of rotatable bonds is 40. The van der Waals surface area contributed by atoms with Gasteiger partial charge in [-0.25, -0.2) is 4.57 Å². The third kappa shape index (κ3) is 39.9. The highest BCUT2D eigenvalue weighted by molar-refractivity contribution is 7.47. The van der Waals surface area contributed by atoms with Gasteiger partial charge < -0.3 is 18.9 Å². The number of hydrogen-bond donors (Lipinski definition) is 1. The van der Waals surface area contributed by atoms with Gasteiger partial charge >= 0.3 is 19.8 Å². The van der Waals surface area contributed by atoms with Crippen LogP contribution in [0.2, 0.25) is 0 Å². The number of hydrogen-bond acceptors (Lipinski definition) is 7. The number of unbranched alkanes of at least 4 members (excludes halogenated alkanes) is 22. The van der Waals surface area contributed by atoms with E-state index < -0.39 is 26.5 Å². The fraction of sp³-hybridized carbons (Fsp3) is 0.818. The Kier molecular flexibility index (Phi) is 35.6. The van der Waals surface area contributed by atoms with Crippen molar-refractivity contribution in [3.8, 4) is 0 Å². The van der Waals surface area contributed by atoms with Crippen molar-refractivity contribution in [1.29, 1.82) is 0 Å². The summed E-state index contributed by atoms with van der Waals surface area (Å²) in [5.74, 6) is -0.817. The second-order valence-electron chi connectivity index (χ2n) is 15.8. The van der Waals surface area contributed by atoms with E-state index in [4.69, 9.17) is 18.5 Å². The number of phosphoric ester groups is 1. The predicted octanol–water partition coefficient (Wildman–Crippen LogP) is 12.1. The van der Waals surface area contributed by atoms with Crippen LogP contribution in [0, 0.1) is 0 Å². The van der Waals surface area contributed by atoms with E-state index in [0.29, 0.717) is 17.4 Å². The third-order valence-electron chi connectivity index (χ3n) is 9.32. The minimum atomic E-state index is -4.38. The zero-order valence-corrected chi connectivity index (χ0v) is 36.2. The molecule has 0 saturated carbocycles. The van der Waals surface area contributed by atoms with Crippen molar-refractivity contribution in [3.05, 3.63) is 37.0 Å². The summed E-state index contributed by atoms with van der Waals surface area (Å²) in [7, 11) is 1.46. The van der Waals surface area contributed by atoms with Gasteiger partial charge in [0.15, 0.2) is 6.10 Å². The van der Waals surface area contributed by atoms with Crippen LogP contribution in [-0.2, 0) is 32.7 Å². The van der Waals surface area contributed by atoms with Crippen molar-refractivity contribution in [1.82, 2.24) is 0 Å². The van der Waals surface area contributed by atoms with E-state index in [-0.39, 0.29) is 32.0 Å². The van der Waals surface area contributed by atoms with Gasteiger partial charge in [0.05, 0.1) is 27.7 Å². The summed E-state index contributed by atoms with van der Waals surface area (Å²) >= 11 is 0. The molecule has 1 unspecified atom stereocenters. The molecule has 0 amide bonds. The molecule has 1 N–H and O–H groups in total. The quantitative estimate of drug-likeness (QED) is 0.0163. The summed E-state index contributed by atoms with van der Waals surface area (Å²) < 4.78 is 34.3. The summed E-state index contributed by atoms with van der Waals surface area (Å²) in [6, 6.07) is 0. The summed E-state index contributed by atoms with van der Waals surface area (Å²) in [5, 5.41) is 0. The molecular weight excluding hydrogens is 701 g/mol. The number of carbonyl (C=O) groups is 2. The Balaban J connectivity index is 4.37. The zero-order valence-electron chi connectivity index (χ0n) is 35.3. The maximum atomic E-state index is 12.7. The monoisotopic (exact) mass is 785 g/mol. The van der Waals surface area contributed by atoms with Crippen molar-refractivity contribution in [2.75, 3.05) is 47.5 Å². The molecule has 0 aliphatic rings. The fourth-order valence-electron chi connectivity index (χ4n) is 5.87. The molecule has 0 aromatic carbocycles. The lowest BCUT2D eigenvalue weighted by Crippen LogP contribution is -2.37. The number of carbonyl (C=O) groups excluding carboxylic acids is 2. The molecule has 9 nitrogen and oxygen atoms in total. The molecule has 0 aliphatic heterocycles. The highest BCUT2D eigenvalue weighted by atomic mass is 31.2. The van der Waals surface area contributed by atoms with Crippen molar-refractivity contribution in [2.45, 2.75) is 186 Å². The van der Waals surface area contributed by atoms with Gasteiger partial charge in [-0.2, -0.15) is 0 Å². The van der Waals surface area contributed by atoms with E-state index >= 15 is 0 Å². The van der Waals surface area contributed by atoms with E-state index in [1.54, 1.807) is 0 Å². The Bertz CT molecular complexity index is 1010. The average Bonchev–Trinajstić information content (AvgIpc) is 3.12. The van der Waals surface area contributed by atoms with E-state index in [0.717, 1.165) is 70.6 Å². The van der Waals surface area contributed by atoms with Crippen LogP contribution in [0.5, 0.6) is 0 Å². The van der Waals surface area contributed by atoms with Gasteiger partial charge in [0.1, 0.15) is 19.8 Å². The maximum absolute atomic E-state index is 12.7. The minimum absolute atomic E-state index is 0.0285. The van der Waals surface area contributed by atoms with Gasteiger partial charge in [-0.05, 0) is 51.4 Å². The molecular formula is C44H83NO8P+. The molecule has 54 heavy (non-hydrogen) atoms. The van der Waals surface area contributed by atoms with E-state index in [1.807, 2.05) is 27.2 Å². The number of esters is 2. The molecule has 0 aromatic rings. The van der Waals surface area contributed by atoms with Gasteiger partial charge in [0.25, 0.3) is 0 Å². The highest BCUT2D eigenvalue weighted by Crippen LogP contribution is 2.43. The molecule has 0 spiro atoms. The van der Waals surface area contributed by atoms with Crippen molar-refractivity contribution < 1.29 is 42.1 Å². The molecule has 10 heteroatoms. The number of allylic oxidation sites excluding steroid dienone is 5. The van der Waals surface area contributed by atoms with Gasteiger partial charge in [0, 0.05) is 12.8 Å². The topological polar surface area (TPSA) is 108 Å². The van der Waals surface area contributed by atoms with Crippen LogP contribution < -0.4 is 0 Å². The van der Waals surface area contributed by atoms with E-state index in [9.17, 15) is 19.0 Å². The average molecular weight is 785 g/mol. The molecule has 316 valence electrons. The molecule has 0 aromatic heterocycles.